The molecule has 0 atom stereocenters. The highest BCUT2D eigenvalue weighted by Gasteiger charge is 2.15. The van der Waals surface area contributed by atoms with Crippen LogP contribution >= 0.6 is 0 Å². The molecule has 0 saturated carbocycles. The van der Waals surface area contributed by atoms with Gasteiger partial charge in [-0.05, 0) is 44.5 Å². The lowest BCUT2D eigenvalue weighted by molar-refractivity contribution is 0.0149. The Morgan fingerprint density at radius 1 is 0.459 bits per heavy atom. The summed E-state index contributed by atoms with van der Waals surface area (Å²) in [6, 6.07) is 12.9. The quantitative estimate of drug-likeness (QED) is 0.176. The molecule has 0 aliphatic heterocycles. The van der Waals surface area contributed by atoms with Crippen molar-refractivity contribution >= 4 is 20.2 Å². The van der Waals surface area contributed by atoms with E-state index in [9.17, 15) is 16.8 Å². The summed E-state index contributed by atoms with van der Waals surface area (Å²) in [4.78, 5) is 0.238. The van der Waals surface area contributed by atoms with Gasteiger partial charge in [0.15, 0.2) is 0 Å². The van der Waals surface area contributed by atoms with E-state index in [0.29, 0.717) is 46.1 Å². The first-order chi connectivity index (χ1) is 17.7. The van der Waals surface area contributed by atoms with Gasteiger partial charge in [0.05, 0.1) is 62.6 Å². The molecule has 12 heteroatoms. The molecule has 10 nitrogen and oxygen atoms in total. The third-order valence-electron chi connectivity index (χ3n) is 4.87. The predicted molar refractivity (Wildman–Crippen MR) is 137 cm³/mol. The fourth-order valence-electron chi connectivity index (χ4n) is 2.86. The summed E-state index contributed by atoms with van der Waals surface area (Å²) < 4.78 is 79.5. The number of rotatable bonds is 20. The lowest BCUT2D eigenvalue weighted by Gasteiger charge is -2.08. The minimum absolute atomic E-state index is 0.0686. The smallest absolute Gasteiger partial charge is 0.297 e. The van der Waals surface area contributed by atoms with Gasteiger partial charge in [-0.3, -0.25) is 8.37 Å². The lowest BCUT2D eigenvalue weighted by Crippen LogP contribution is -2.14. The Morgan fingerprint density at radius 2 is 0.757 bits per heavy atom. The third-order valence-corrected chi connectivity index (χ3v) is 7.53. The molecule has 0 aliphatic rings. The van der Waals surface area contributed by atoms with E-state index < -0.39 is 20.2 Å². The summed E-state index contributed by atoms with van der Waals surface area (Å²) in [6.07, 6.45) is 0.690. The van der Waals surface area contributed by atoms with Crippen LogP contribution < -0.4 is 0 Å². The van der Waals surface area contributed by atoms with Crippen LogP contribution in [0.15, 0.2) is 58.3 Å². The van der Waals surface area contributed by atoms with Gasteiger partial charge in [0.25, 0.3) is 20.2 Å². The minimum atomic E-state index is -3.78. The number of benzene rings is 2. The van der Waals surface area contributed by atoms with E-state index in [2.05, 4.69) is 0 Å². The highest BCUT2D eigenvalue weighted by Crippen LogP contribution is 2.14. The van der Waals surface area contributed by atoms with Crippen molar-refractivity contribution in [3.63, 3.8) is 0 Å². The fourth-order valence-corrected chi connectivity index (χ4v) is 4.64. The SMILES string of the molecule is Cc1ccc(S(=O)(=O)OCCOCCOCCCOCCOCCOS(=O)(=O)c2ccc(C)cc2)cc1. The van der Waals surface area contributed by atoms with Gasteiger partial charge in [0, 0.05) is 13.2 Å². The van der Waals surface area contributed by atoms with E-state index in [4.69, 9.17) is 27.3 Å². The summed E-state index contributed by atoms with van der Waals surface area (Å²) >= 11 is 0. The summed E-state index contributed by atoms with van der Waals surface area (Å²) in [5.74, 6) is 0. The Labute approximate surface area is 220 Å². The Bertz CT molecular complexity index is 1010. The van der Waals surface area contributed by atoms with Gasteiger partial charge in [-0.1, -0.05) is 35.4 Å². The standard InChI is InChI=1S/C25H36O10S2/c1-22-4-8-24(9-5-22)36(26,27)34-20-18-32-16-14-30-12-3-13-31-15-17-33-19-21-35-37(28,29)25-10-6-23(2)7-11-25/h4-11H,3,12-21H2,1-2H3. The summed E-state index contributed by atoms with van der Waals surface area (Å²) in [5, 5.41) is 0. The van der Waals surface area contributed by atoms with Crippen molar-refractivity contribution in [3.8, 4) is 0 Å². The largest absolute Gasteiger partial charge is 0.379 e. The van der Waals surface area contributed by atoms with Crippen molar-refractivity contribution in [3.05, 3.63) is 59.7 Å². The second-order valence-corrected chi connectivity index (χ2v) is 11.2. The van der Waals surface area contributed by atoms with Crippen LogP contribution in [-0.2, 0) is 47.5 Å². The molecule has 0 N–H and O–H groups in total. The fraction of sp³-hybridized carbons (Fsp3) is 0.520. The normalized spacial score (nSPS) is 12.2. The van der Waals surface area contributed by atoms with Crippen molar-refractivity contribution in [2.75, 3.05) is 66.1 Å². The molecule has 2 aromatic rings. The summed E-state index contributed by atoms with van der Waals surface area (Å²) in [5.41, 5.74) is 1.94. The molecule has 2 aromatic carbocycles. The molecular formula is C25H36O10S2. The van der Waals surface area contributed by atoms with Crippen molar-refractivity contribution in [1.29, 1.82) is 0 Å². The zero-order chi connectivity index (χ0) is 27.0. The van der Waals surface area contributed by atoms with Gasteiger partial charge < -0.3 is 18.9 Å². The van der Waals surface area contributed by atoms with Gasteiger partial charge in [-0.2, -0.15) is 16.8 Å². The van der Waals surface area contributed by atoms with Crippen LogP contribution in [-0.4, -0.2) is 82.9 Å². The topological polar surface area (TPSA) is 124 Å². The van der Waals surface area contributed by atoms with E-state index in [1.807, 2.05) is 13.8 Å². The molecule has 0 aliphatic carbocycles. The lowest BCUT2D eigenvalue weighted by atomic mass is 10.2. The second kappa shape index (κ2) is 16.8. The molecule has 0 aromatic heterocycles. The maximum Gasteiger partial charge on any atom is 0.297 e. The van der Waals surface area contributed by atoms with E-state index >= 15 is 0 Å². The van der Waals surface area contributed by atoms with E-state index in [0.717, 1.165) is 11.1 Å². The summed E-state index contributed by atoms with van der Waals surface area (Å²) in [7, 11) is -7.56. The van der Waals surface area contributed by atoms with Crippen LogP contribution in [0.5, 0.6) is 0 Å². The van der Waals surface area contributed by atoms with Gasteiger partial charge >= 0.3 is 0 Å². The third kappa shape index (κ3) is 12.9. The molecular weight excluding hydrogens is 524 g/mol. The monoisotopic (exact) mass is 560 g/mol. The zero-order valence-corrected chi connectivity index (χ0v) is 22.9. The van der Waals surface area contributed by atoms with E-state index in [-0.39, 0.29) is 36.2 Å². The molecule has 0 saturated heterocycles. The van der Waals surface area contributed by atoms with Crippen LogP contribution in [0.2, 0.25) is 0 Å². The van der Waals surface area contributed by atoms with Gasteiger partial charge in [0.2, 0.25) is 0 Å². The average Bonchev–Trinajstić information content (AvgIpc) is 2.86. The molecule has 0 radical (unpaired) electrons. The van der Waals surface area contributed by atoms with Crippen LogP contribution in [0.1, 0.15) is 17.5 Å². The molecule has 37 heavy (non-hydrogen) atoms. The molecule has 0 amide bonds. The molecule has 0 fully saturated rings. The first-order valence-electron chi connectivity index (χ1n) is 11.9. The van der Waals surface area contributed by atoms with Crippen LogP contribution in [0.4, 0.5) is 0 Å². The number of hydrogen-bond donors (Lipinski definition) is 0. The first kappa shape index (κ1) is 31.3. The molecule has 0 unspecified atom stereocenters. The number of aryl methyl sites for hydroxylation is 2. The molecule has 0 spiro atoms. The number of ether oxygens (including phenoxy) is 4. The van der Waals surface area contributed by atoms with Gasteiger partial charge in [0.1, 0.15) is 0 Å². The second-order valence-electron chi connectivity index (χ2n) is 7.98. The Balaban J connectivity index is 1.35. The maximum atomic E-state index is 12.0. The highest BCUT2D eigenvalue weighted by atomic mass is 32.2. The average molecular weight is 561 g/mol. The Hall–Kier alpha value is -1.90. The summed E-state index contributed by atoms with van der Waals surface area (Å²) in [6.45, 7) is 6.28. The Morgan fingerprint density at radius 3 is 1.11 bits per heavy atom. The molecule has 0 bridgehead atoms. The van der Waals surface area contributed by atoms with Gasteiger partial charge in [-0.25, -0.2) is 0 Å². The van der Waals surface area contributed by atoms with Crippen molar-refractivity contribution in [1.82, 2.24) is 0 Å². The van der Waals surface area contributed by atoms with Gasteiger partial charge in [-0.15, -0.1) is 0 Å². The van der Waals surface area contributed by atoms with Crippen molar-refractivity contribution in [2.45, 2.75) is 30.1 Å². The Kier molecular flexibility index (Phi) is 14.3. The predicted octanol–water partition coefficient (Wildman–Crippen LogP) is 2.87. The van der Waals surface area contributed by atoms with Crippen molar-refractivity contribution < 1.29 is 44.1 Å². The van der Waals surface area contributed by atoms with E-state index in [1.54, 1.807) is 24.3 Å². The molecule has 2 rings (SSSR count). The molecule has 208 valence electrons. The first-order valence-corrected chi connectivity index (χ1v) is 14.8. The van der Waals surface area contributed by atoms with Crippen molar-refractivity contribution in [2.24, 2.45) is 0 Å². The van der Waals surface area contributed by atoms with Crippen LogP contribution in [0.25, 0.3) is 0 Å². The maximum absolute atomic E-state index is 12.0. The zero-order valence-electron chi connectivity index (χ0n) is 21.3. The molecule has 0 heterocycles. The van der Waals surface area contributed by atoms with Crippen LogP contribution in [0.3, 0.4) is 0 Å². The highest BCUT2D eigenvalue weighted by molar-refractivity contribution is 7.87. The van der Waals surface area contributed by atoms with E-state index in [1.165, 1.54) is 24.3 Å². The van der Waals surface area contributed by atoms with Crippen LogP contribution in [0, 0.1) is 13.8 Å². The minimum Gasteiger partial charge on any atom is -0.379 e. The number of hydrogen-bond acceptors (Lipinski definition) is 10.